The zero-order valence-electron chi connectivity index (χ0n) is 8.22. The fourth-order valence-electron chi connectivity index (χ4n) is 1.04. The molecule has 0 saturated carbocycles. The SMILES string of the molecule is COc1ccc(S(=O)(=O)C#N)cc1OC. The first-order chi connectivity index (χ1) is 7.05. The van der Waals surface area contributed by atoms with Crippen LogP contribution in [0.5, 0.6) is 11.5 Å². The molecule has 0 aliphatic carbocycles. The number of rotatable bonds is 3. The molecule has 0 aliphatic rings. The van der Waals surface area contributed by atoms with E-state index in [0.29, 0.717) is 5.75 Å². The summed E-state index contributed by atoms with van der Waals surface area (Å²) in [4.78, 5) is -0.109. The van der Waals surface area contributed by atoms with Crippen LogP contribution in [-0.2, 0) is 9.84 Å². The summed E-state index contributed by atoms with van der Waals surface area (Å²) in [6.45, 7) is 0. The highest BCUT2D eigenvalue weighted by Crippen LogP contribution is 2.29. The summed E-state index contributed by atoms with van der Waals surface area (Å²) in [5.41, 5.74) is 0. The van der Waals surface area contributed by atoms with Gasteiger partial charge in [0.2, 0.25) is 0 Å². The maximum absolute atomic E-state index is 11.2. The molecule has 15 heavy (non-hydrogen) atoms. The first-order valence-electron chi connectivity index (χ1n) is 3.93. The number of sulfone groups is 1. The van der Waals surface area contributed by atoms with Crippen LogP contribution in [0, 0.1) is 10.7 Å². The molecule has 0 N–H and O–H groups in total. The lowest BCUT2D eigenvalue weighted by molar-refractivity contribution is 0.354. The molecule has 6 heteroatoms. The van der Waals surface area contributed by atoms with Gasteiger partial charge in [0, 0.05) is 6.07 Å². The Morgan fingerprint density at radius 1 is 1.20 bits per heavy atom. The molecule has 1 aromatic carbocycles. The van der Waals surface area contributed by atoms with Gasteiger partial charge in [0.1, 0.15) is 0 Å². The molecule has 0 fully saturated rings. The van der Waals surface area contributed by atoms with Crippen molar-refractivity contribution >= 4 is 9.84 Å². The molecule has 0 aromatic heterocycles. The highest BCUT2D eigenvalue weighted by molar-refractivity contribution is 7.95. The van der Waals surface area contributed by atoms with Gasteiger partial charge < -0.3 is 9.47 Å². The number of benzene rings is 1. The van der Waals surface area contributed by atoms with Crippen molar-refractivity contribution in [3.8, 4) is 16.9 Å². The molecule has 5 nitrogen and oxygen atoms in total. The molecule has 0 aliphatic heterocycles. The smallest absolute Gasteiger partial charge is 0.270 e. The Hall–Kier alpha value is -1.74. The molecule has 0 bridgehead atoms. The van der Waals surface area contributed by atoms with E-state index in [2.05, 4.69) is 0 Å². The van der Waals surface area contributed by atoms with Crippen molar-refractivity contribution in [3.63, 3.8) is 0 Å². The van der Waals surface area contributed by atoms with Crippen LogP contribution in [0.25, 0.3) is 0 Å². The van der Waals surface area contributed by atoms with Crippen molar-refractivity contribution < 1.29 is 17.9 Å². The van der Waals surface area contributed by atoms with E-state index in [-0.39, 0.29) is 10.6 Å². The standard InChI is InChI=1S/C9H9NO4S/c1-13-8-4-3-7(5-9(8)14-2)15(11,12)6-10/h3-5H,1-2H3. The number of nitriles is 1. The van der Waals surface area contributed by atoms with Gasteiger partial charge in [-0.2, -0.15) is 5.26 Å². The summed E-state index contributed by atoms with van der Waals surface area (Å²) in [5.74, 6) is 0.684. The van der Waals surface area contributed by atoms with Gasteiger partial charge in [-0.05, 0) is 12.1 Å². The van der Waals surface area contributed by atoms with Crippen molar-refractivity contribution in [1.82, 2.24) is 0 Å². The van der Waals surface area contributed by atoms with Crippen molar-refractivity contribution in [2.24, 2.45) is 0 Å². The molecule has 0 saturated heterocycles. The van der Waals surface area contributed by atoms with Crippen LogP contribution in [0.1, 0.15) is 0 Å². The summed E-state index contributed by atoms with van der Waals surface area (Å²) in [6.07, 6.45) is 0. The zero-order valence-corrected chi connectivity index (χ0v) is 9.04. The van der Waals surface area contributed by atoms with Crippen LogP contribution in [0.3, 0.4) is 0 Å². The summed E-state index contributed by atoms with van der Waals surface area (Å²) in [5, 5.41) is 9.65. The van der Waals surface area contributed by atoms with Crippen LogP contribution < -0.4 is 9.47 Å². The van der Waals surface area contributed by atoms with Crippen LogP contribution in [-0.4, -0.2) is 22.6 Å². The van der Waals surface area contributed by atoms with Crippen LogP contribution >= 0.6 is 0 Å². The van der Waals surface area contributed by atoms with Gasteiger partial charge >= 0.3 is 0 Å². The highest BCUT2D eigenvalue weighted by Gasteiger charge is 2.15. The predicted molar refractivity (Wildman–Crippen MR) is 52.3 cm³/mol. The van der Waals surface area contributed by atoms with Crippen LogP contribution in [0.15, 0.2) is 23.1 Å². The largest absolute Gasteiger partial charge is 0.493 e. The van der Waals surface area contributed by atoms with E-state index >= 15 is 0 Å². The first kappa shape index (κ1) is 11.3. The monoisotopic (exact) mass is 227 g/mol. The minimum atomic E-state index is -3.89. The fourth-order valence-corrected chi connectivity index (χ4v) is 1.65. The predicted octanol–water partition coefficient (Wildman–Crippen LogP) is 0.959. The normalized spacial score (nSPS) is 10.5. The number of nitrogens with zero attached hydrogens (tertiary/aromatic N) is 1. The Balaban J connectivity index is 3.34. The molecule has 0 heterocycles. The number of methoxy groups -OCH3 is 2. The Bertz CT molecular complexity index is 501. The van der Waals surface area contributed by atoms with E-state index in [4.69, 9.17) is 14.7 Å². The Kier molecular flexibility index (Phi) is 3.17. The molecule has 1 rings (SSSR count). The summed E-state index contributed by atoms with van der Waals surface area (Å²) in [6, 6.07) is 3.97. The number of ether oxygens (including phenoxy) is 2. The summed E-state index contributed by atoms with van der Waals surface area (Å²) >= 11 is 0. The van der Waals surface area contributed by atoms with Gasteiger partial charge in [-0.15, -0.1) is 0 Å². The number of thiocyanates is 1. The lowest BCUT2D eigenvalue weighted by Gasteiger charge is -2.07. The van der Waals surface area contributed by atoms with Crippen molar-refractivity contribution in [1.29, 1.82) is 5.26 Å². The van der Waals surface area contributed by atoms with Crippen molar-refractivity contribution in [2.75, 3.05) is 14.2 Å². The Morgan fingerprint density at radius 3 is 2.27 bits per heavy atom. The summed E-state index contributed by atoms with van der Waals surface area (Å²) < 4.78 is 32.3. The van der Waals surface area contributed by atoms with Gasteiger partial charge in [0.05, 0.1) is 19.1 Å². The molecule has 80 valence electrons. The maximum atomic E-state index is 11.2. The van der Waals surface area contributed by atoms with E-state index < -0.39 is 9.84 Å². The van der Waals surface area contributed by atoms with E-state index in [1.54, 1.807) is 0 Å². The van der Waals surface area contributed by atoms with Gasteiger partial charge in [0.15, 0.2) is 16.9 Å². The lowest BCUT2D eigenvalue weighted by Crippen LogP contribution is -1.98. The quantitative estimate of drug-likeness (QED) is 0.567. The topological polar surface area (TPSA) is 76.4 Å². The average Bonchev–Trinajstić information content (AvgIpc) is 2.28. The molecule has 0 amide bonds. The highest BCUT2D eigenvalue weighted by atomic mass is 32.2. The fraction of sp³-hybridized carbons (Fsp3) is 0.222. The van der Waals surface area contributed by atoms with Gasteiger partial charge in [-0.25, -0.2) is 8.42 Å². The van der Waals surface area contributed by atoms with Crippen LogP contribution in [0.2, 0.25) is 0 Å². The second-order valence-electron chi connectivity index (χ2n) is 2.61. The molecule has 1 aromatic rings. The molecular weight excluding hydrogens is 218 g/mol. The average molecular weight is 227 g/mol. The van der Waals surface area contributed by atoms with Crippen LogP contribution in [0.4, 0.5) is 0 Å². The summed E-state index contributed by atoms with van der Waals surface area (Å²) in [7, 11) is -1.06. The third-order valence-corrected chi connectivity index (χ3v) is 2.90. The van der Waals surface area contributed by atoms with E-state index in [1.165, 1.54) is 37.8 Å². The second kappa shape index (κ2) is 4.19. The minimum absolute atomic E-state index is 0.109. The molecule has 0 radical (unpaired) electrons. The van der Waals surface area contributed by atoms with Crippen molar-refractivity contribution in [2.45, 2.75) is 4.90 Å². The van der Waals surface area contributed by atoms with Gasteiger partial charge in [-0.3, -0.25) is 0 Å². The second-order valence-corrected chi connectivity index (χ2v) is 4.27. The molecule has 0 spiro atoms. The van der Waals surface area contributed by atoms with E-state index in [1.807, 2.05) is 0 Å². The maximum Gasteiger partial charge on any atom is 0.270 e. The minimum Gasteiger partial charge on any atom is -0.493 e. The van der Waals surface area contributed by atoms with Gasteiger partial charge in [0.25, 0.3) is 9.84 Å². The van der Waals surface area contributed by atoms with Crippen molar-refractivity contribution in [3.05, 3.63) is 18.2 Å². The van der Waals surface area contributed by atoms with E-state index in [9.17, 15) is 8.42 Å². The third kappa shape index (κ3) is 2.19. The molecular formula is C9H9NO4S. The molecule has 0 unspecified atom stereocenters. The van der Waals surface area contributed by atoms with Gasteiger partial charge in [-0.1, -0.05) is 0 Å². The van der Waals surface area contributed by atoms with E-state index in [0.717, 1.165) is 0 Å². The Morgan fingerprint density at radius 2 is 1.80 bits per heavy atom. The zero-order chi connectivity index (χ0) is 11.5. The first-order valence-corrected chi connectivity index (χ1v) is 5.41. The molecule has 0 atom stereocenters. The Labute approximate surface area is 87.8 Å². The lowest BCUT2D eigenvalue weighted by atomic mass is 10.3. The number of hydrogen-bond donors (Lipinski definition) is 0. The third-order valence-electron chi connectivity index (χ3n) is 1.79. The number of hydrogen-bond acceptors (Lipinski definition) is 5.